The van der Waals surface area contributed by atoms with Crippen LogP contribution in [0.4, 0.5) is 0 Å². The average molecular weight is 268 g/mol. The second-order valence-corrected chi connectivity index (χ2v) is 6.79. The highest BCUT2D eigenvalue weighted by molar-refractivity contribution is 4.89. The number of likely N-dealkylation sites (tertiary alicyclic amines) is 1. The molecule has 0 spiro atoms. The van der Waals surface area contributed by atoms with Gasteiger partial charge in [0.25, 0.3) is 0 Å². The summed E-state index contributed by atoms with van der Waals surface area (Å²) in [6.45, 7) is 5.96. The maximum Gasteiger partial charge on any atom is 0.0503 e. The quantitative estimate of drug-likeness (QED) is 0.749. The van der Waals surface area contributed by atoms with E-state index >= 15 is 0 Å². The second kappa shape index (κ2) is 7.61. The Morgan fingerprint density at radius 2 is 1.95 bits per heavy atom. The van der Waals surface area contributed by atoms with E-state index in [1.165, 1.54) is 71.1 Å². The van der Waals surface area contributed by atoms with Crippen LogP contribution >= 0.6 is 0 Å². The predicted molar refractivity (Wildman–Crippen MR) is 80.5 cm³/mol. The molecule has 2 aliphatic rings. The zero-order chi connectivity index (χ0) is 13.6. The van der Waals surface area contributed by atoms with Crippen LogP contribution in [-0.4, -0.2) is 51.8 Å². The summed E-state index contributed by atoms with van der Waals surface area (Å²) in [6.07, 6.45) is 9.89. The van der Waals surface area contributed by atoms with Gasteiger partial charge in [0.05, 0.1) is 6.61 Å². The van der Waals surface area contributed by atoms with Gasteiger partial charge in [-0.25, -0.2) is 0 Å². The monoisotopic (exact) mass is 268 g/mol. The van der Waals surface area contributed by atoms with Gasteiger partial charge in [0.15, 0.2) is 0 Å². The van der Waals surface area contributed by atoms with Crippen molar-refractivity contribution in [2.45, 2.75) is 44.9 Å². The molecule has 1 aliphatic heterocycles. The lowest BCUT2D eigenvalue weighted by Gasteiger charge is -2.36. The summed E-state index contributed by atoms with van der Waals surface area (Å²) in [6, 6.07) is 0. The molecule has 1 saturated heterocycles. The Hall–Kier alpha value is -0.120. The van der Waals surface area contributed by atoms with Crippen LogP contribution in [0.5, 0.6) is 0 Å². The van der Waals surface area contributed by atoms with Crippen LogP contribution in [0.15, 0.2) is 0 Å². The first-order valence-electron chi connectivity index (χ1n) is 8.14. The van der Waals surface area contributed by atoms with Crippen molar-refractivity contribution in [3.8, 4) is 0 Å². The summed E-state index contributed by atoms with van der Waals surface area (Å²) in [5, 5.41) is 3.46. The molecule has 0 amide bonds. The van der Waals surface area contributed by atoms with E-state index in [0.717, 1.165) is 12.5 Å². The topological polar surface area (TPSA) is 24.5 Å². The molecule has 1 heterocycles. The van der Waals surface area contributed by atoms with Gasteiger partial charge in [-0.1, -0.05) is 25.7 Å². The van der Waals surface area contributed by atoms with Crippen LogP contribution in [0.1, 0.15) is 44.9 Å². The Kier molecular flexibility index (Phi) is 6.11. The largest absolute Gasteiger partial charge is 0.384 e. The minimum Gasteiger partial charge on any atom is -0.384 e. The lowest BCUT2D eigenvalue weighted by atomic mass is 9.79. The summed E-state index contributed by atoms with van der Waals surface area (Å²) < 4.78 is 5.32. The molecular weight excluding hydrogens is 236 g/mol. The Morgan fingerprint density at radius 1 is 1.21 bits per heavy atom. The van der Waals surface area contributed by atoms with Gasteiger partial charge in [0.1, 0.15) is 0 Å². The fourth-order valence-electron chi connectivity index (χ4n) is 4.15. The number of hydrogen-bond acceptors (Lipinski definition) is 3. The molecule has 1 atom stereocenters. The zero-order valence-electron chi connectivity index (χ0n) is 12.9. The highest BCUT2D eigenvalue weighted by Gasteiger charge is 2.34. The number of methoxy groups -OCH3 is 1. The molecule has 0 bridgehead atoms. The molecule has 1 N–H and O–H groups in total. The summed E-state index contributed by atoms with van der Waals surface area (Å²) in [4.78, 5) is 2.70. The third kappa shape index (κ3) is 4.44. The molecule has 19 heavy (non-hydrogen) atoms. The molecule has 112 valence electrons. The van der Waals surface area contributed by atoms with Gasteiger partial charge in [-0.15, -0.1) is 0 Å². The first-order valence-corrected chi connectivity index (χ1v) is 8.14. The zero-order valence-corrected chi connectivity index (χ0v) is 12.9. The molecular formula is C16H32N2O. The number of nitrogens with zero attached hydrogens (tertiary/aromatic N) is 1. The normalized spacial score (nSPS) is 28.4. The van der Waals surface area contributed by atoms with Crippen molar-refractivity contribution in [1.29, 1.82) is 0 Å². The fourth-order valence-corrected chi connectivity index (χ4v) is 4.15. The Balaban J connectivity index is 1.89. The van der Waals surface area contributed by atoms with Crippen LogP contribution < -0.4 is 5.32 Å². The fraction of sp³-hybridized carbons (Fsp3) is 1.00. The second-order valence-electron chi connectivity index (χ2n) is 6.79. The van der Waals surface area contributed by atoms with Crippen LogP contribution in [0.25, 0.3) is 0 Å². The van der Waals surface area contributed by atoms with E-state index in [-0.39, 0.29) is 0 Å². The predicted octanol–water partition coefficient (Wildman–Crippen LogP) is 2.51. The summed E-state index contributed by atoms with van der Waals surface area (Å²) in [5.74, 6) is 0.766. The van der Waals surface area contributed by atoms with Crippen molar-refractivity contribution in [2.75, 3.05) is 46.9 Å². The molecule has 0 aromatic heterocycles. The minimum absolute atomic E-state index is 0.535. The SMILES string of the molecule is CNCC1(CN2CCC(COC)C2)CCCCCC1. The average Bonchev–Trinajstić information content (AvgIpc) is 2.69. The molecule has 1 saturated carbocycles. The van der Waals surface area contributed by atoms with Gasteiger partial charge in [-0.2, -0.15) is 0 Å². The van der Waals surface area contributed by atoms with Gasteiger partial charge < -0.3 is 15.0 Å². The summed E-state index contributed by atoms with van der Waals surface area (Å²) in [7, 11) is 3.95. The van der Waals surface area contributed by atoms with Crippen LogP contribution in [0.3, 0.4) is 0 Å². The molecule has 0 radical (unpaired) electrons. The van der Waals surface area contributed by atoms with Crippen molar-refractivity contribution in [2.24, 2.45) is 11.3 Å². The molecule has 3 nitrogen and oxygen atoms in total. The highest BCUT2D eigenvalue weighted by Crippen LogP contribution is 2.36. The third-order valence-corrected chi connectivity index (χ3v) is 5.05. The van der Waals surface area contributed by atoms with E-state index in [1.54, 1.807) is 0 Å². The summed E-state index contributed by atoms with van der Waals surface area (Å²) in [5.41, 5.74) is 0.535. The van der Waals surface area contributed by atoms with E-state index < -0.39 is 0 Å². The number of hydrogen-bond donors (Lipinski definition) is 1. The van der Waals surface area contributed by atoms with E-state index in [9.17, 15) is 0 Å². The number of ether oxygens (including phenoxy) is 1. The third-order valence-electron chi connectivity index (χ3n) is 5.05. The molecule has 3 heteroatoms. The standard InChI is InChI=1S/C16H32N2O/c1-17-13-16(8-5-3-4-6-9-16)14-18-10-7-15(11-18)12-19-2/h15,17H,3-14H2,1-2H3. The first-order chi connectivity index (χ1) is 9.28. The smallest absolute Gasteiger partial charge is 0.0503 e. The van der Waals surface area contributed by atoms with Gasteiger partial charge >= 0.3 is 0 Å². The first kappa shape index (κ1) is 15.3. The van der Waals surface area contributed by atoms with Crippen molar-refractivity contribution in [3.63, 3.8) is 0 Å². The van der Waals surface area contributed by atoms with Gasteiger partial charge in [0, 0.05) is 26.7 Å². The maximum atomic E-state index is 5.32. The van der Waals surface area contributed by atoms with Crippen LogP contribution in [0, 0.1) is 11.3 Å². The van der Waals surface area contributed by atoms with Gasteiger partial charge in [-0.05, 0) is 44.2 Å². The molecule has 1 aliphatic carbocycles. The van der Waals surface area contributed by atoms with Crippen molar-refractivity contribution in [1.82, 2.24) is 10.2 Å². The molecule has 0 aromatic carbocycles. The molecule has 2 rings (SSSR count). The van der Waals surface area contributed by atoms with Gasteiger partial charge in [-0.3, -0.25) is 0 Å². The number of rotatable bonds is 6. The Morgan fingerprint density at radius 3 is 2.58 bits per heavy atom. The van der Waals surface area contributed by atoms with Crippen molar-refractivity contribution < 1.29 is 4.74 Å². The molecule has 2 fully saturated rings. The summed E-state index contributed by atoms with van der Waals surface area (Å²) >= 11 is 0. The highest BCUT2D eigenvalue weighted by atomic mass is 16.5. The van der Waals surface area contributed by atoms with E-state index in [1.807, 2.05) is 7.11 Å². The van der Waals surface area contributed by atoms with Crippen LogP contribution in [-0.2, 0) is 4.74 Å². The maximum absolute atomic E-state index is 5.32. The minimum atomic E-state index is 0.535. The van der Waals surface area contributed by atoms with E-state index in [2.05, 4.69) is 17.3 Å². The van der Waals surface area contributed by atoms with Crippen LogP contribution in [0.2, 0.25) is 0 Å². The van der Waals surface area contributed by atoms with Gasteiger partial charge in [0.2, 0.25) is 0 Å². The lowest BCUT2D eigenvalue weighted by Crippen LogP contribution is -2.42. The van der Waals surface area contributed by atoms with E-state index in [4.69, 9.17) is 4.74 Å². The van der Waals surface area contributed by atoms with Crippen molar-refractivity contribution in [3.05, 3.63) is 0 Å². The molecule has 0 aromatic rings. The molecule has 1 unspecified atom stereocenters. The Bertz CT molecular complexity index is 249. The van der Waals surface area contributed by atoms with E-state index in [0.29, 0.717) is 5.41 Å². The van der Waals surface area contributed by atoms with Crippen molar-refractivity contribution >= 4 is 0 Å². The number of nitrogens with one attached hydrogen (secondary N) is 1. The lowest BCUT2D eigenvalue weighted by molar-refractivity contribution is 0.127. The Labute approximate surface area is 119 Å².